The van der Waals surface area contributed by atoms with Crippen molar-refractivity contribution in [2.75, 3.05) is 20.1 Å². The van der Waals surface area contributed by atoms with Gasteiger partial charge in [0.15, 0.2) is 0 Å². The van der Waals surface area contributed by atoms with Crippen molar-refractivity contribution in [3.8, 4) is 0 Å². The number of nitrogens with one attached hydrogen (secondary N) is 1. The first-order valence-corrected chi connectivity index (χ1v) is 6.24. The Balaban J connectivity index is 1.87. The molecule has 0 spiro atoms. The third kappa shape index (κ3) is 2.88. The smallest absolute Gasteiger partial charge is 0.225 e. The number of amides is 2. The van der Waals surface area contributed by atoms with E-state index in [0.29, 0.717) is 19.5 Å². The van der Waals surface area contributed by atoms with Crippen LogP contribution in [0.4, 0.5) is 0 Å². The van der Waals surface area contributed by atoms with E-state index >= 15 is 0 Å². The summed E-state index contributed by atoms with van der Waals surface area (Å²) in [5, 5.41) is 2.60. The summed E-state index contributed by atoms with van der Waals surface area (Å²) in [5.74, 6) is -0.136. The predicted octanol–water partition coefficient (Wildman–Crippen LogP) is 0.824. The van der Waals surface area contributed by atoms with Crippen molar-refractivity contribution < 1.29 is 9.59 Å². The van der Waals surface area contributed by atoms with Gasteiger partial charge in [0.1, 0.15) is 0 Å². The Morgan fingerprint density at radius 3 is 2.78 bits per heavy atom. The van der Waals surface area contributed by atoms with Crippen LogP contribution in [0.15, 0.2) is 30.3 Å². The third-order valence-corrected chi connectivity index (χ3v) is 3.34. The van der Waals surface area contributed by atoms with Crippen LogP contribution in [0.2, 0.25) is 0 Å². The molecule has 0 unspecified atom stereocenters. The van der Waals surface area contributed by atoms with Crippen LogP contribution in [0.1, 0.15) is 12.0 Å². The Bertz CT molecular complexity index is 431. The molecule has 1 heterocycles. The molecule has 2 amide bonds. The number of hydrogen-bond acceptors (Lipinski definition) is 2. The van der Waals surface area contributed by atoms with Gasteiger partial charge in [-0.15, -0.1) is 0 Å². The van der Waals surface area contributed by atoms with E-state index < -0.39 is 0 Å². The molecule has 1 aliphatic rings. The van der Waals surface area contributed by atoms with Gasteiger partial charge in [-0.25, -0.2) is 0 Å². The summed E-state index contributed by atoms with van der Waals surface area (Å²) in [6.45, 7) is 1.24. The lowest BCUT2D eigenvalue weighted by Crippen LogP contribution is -2.31. The number of carbonyl (C=O) groups is 2. The summed E-state index contributed by atoms with van der Waals surface area (Å²) in [6, 6.07) is 10.1. The molecule has 0 aliphatic carbocycles. The Morgan fingerprint density at radius 2 is 2.11 bits per heavy atom. The summed E-state index contributed by atoms with van der Waals surface area (Å²) >= 11 is 0. The number of benzene rings is 1. The van der Waals surface area contributed by atoms with Crippen LogP contribution in [-0.4, -0.2) is 36.9 Å². The highest BCUT2D eigenvalue weighted by molar-refractivity contribution is 5.89. The SMILES string of the molecule is CNC(=O)[C@@H]1CC(=O)N(CCc2ccccc2)C1. The number of carbonyl (C=O) groups excluding carboxylic acids is 2. The molecule has 1 fully saturated rings. The van der Waals surface area contributed by atoms with Crippen LogP contribution >= 0.6 is 0 Å². The highest BCUT2D eigenvalue weighted by Crippen LogP contribution is 2.18. The van der Waals surface area contributed by atoms with Gasteiger partial charge < -0.3 is 10.2 Å². The first-order chi connectivity index (χ1) is 8.70. The van der Waals surface area contributed by atoms with Gasteiger partial charge in [0.2, 0.25) is 11.8 Å². The van der Waals surface area contributed by atoms with Crippen molar-refractivity contribution >= 4 is 11.8 Å². The second kappa shape index (κ2) is 5.67. The summed E-state index contributed by atoms with van der Waals surface area (Å²) in [7, 11) is 1.61. The highest BCUT2D eigenvalue weighted by atomic mass is 16.2. The quantitative estimate of drug-likeness (QED) is 0.855. The van der Waals surface area contributed by atoms with Crippen LogP contribution in [0.3, 0.4) is 0 Å². The van der Waals surface area contributed by atoms with Gasteiger partial charge in [-0.3, -0.25) is 9.59 Å². The standard InChI is InChI=1S/C14H18N2O2/c1-15-14(18)12-9-13(17)16(10-12)8-7-11-5-3-2-4-6-11/h2-6,12H,7-10H2,1H3,(H,15,18)/t12-/m1/s1. The van der Waals surface area contributed by atoms with Gasteiger partial charge in [-0.1, -0.05) is 30.3 Å². The zero-order valence-corrected chi connectivity index (χ0v) is 10.6. The molecule has 1 aromatic carbocycles. The fourth-order valence-electron chi connectivity index (χ4n) is 2.28. The van der Waals surface area contributed by atoms with Gasteiger partial charge in [-0.05, 0) is 12.0 Å². The van der Waals surface area contributed by atoms with Crippen molar-refractivity contribution in [2.24, 2.45) is 5.92 Å². The van der Waals surface area contributed by atoms with E-state index in [1.165, 1.54) is 5.56 Å². The molecule has 0 radical (unpaired) electrons. The molecule has 0 aromatic heterocycles. The molecule has 96 valence electrons. The molecule has 18 heavy (non-hydrogen) atoms. The summed E-state index contributed by atoms with van der Waals surface area (Å²) in [5.41, 5.74) is 1.22. The number of rotatable bonds is 4. The molecule has 1 N–H and O–H groups in total. The van der Waals surface area contributed by atoms with Crippen molar-refractivity contribution in [1.29, 1.82) is 0 Å². The normalized spacial score (nSPS) is 19.1. The van der Waals surface area contributed by atoms with Crippen LogP contribution in [0.5, 0.6) is 0 Å². The maximum atomic E-state index is 11.8. The van der Waals surface area contributed by atoms with Crippen molar-refractivity contribution in [3.05, 3.63) is 35.9 Å². The van der Waals surface area contributed by atoms with E-state index in [-0.39, 0.29) is 17.7 Å². The first kappa shape index (κ1) is 12.6. The zero-order chi connectivity index (χ0) is 13.0. The second-order valence-electron chi connectivity index (χ2n) is 4.59. The average Bonchev–Trinajstić information content (AvgIpc) is 2.78. The lowest BCUT2D eigenvalue weighted by molar-refractivity contribution is -0.128. The molecule has 1 aromatic rings. The molecule has 1 saturated heterocycles. The van der Waals surface area contributed by atoms with Crippen molar-refractivity contribution in [2.45, 2.75) is 12.8 Å². The van der Waals surface area contributed by atoms with Crippen LogP contribution < -0.4 is 5.32 Å². The van der Waals surface area contributed by atoms with Crippen LogP contribution in [-0.2, 0) is 16.0 Å². The Hall–Kier alpha value is -1.84. The molecule has 4 nitrogen and oxygen atoms in total. The summed E-state index contributed by atoms with van der Waals surface area (Å²) in [4.78, 5) is 25.0. The largest absolute Gasteiger partial charge is 0.359 e. The fraction of sp³-hybridized carbons (Fsp3) is 0.429. The molecule has 0 bridgehead atoms. The lowest BCUT2D eigenvalue weighted by atomic mass is 10.1. The van der Waals surface area contributed by atoms with Crippen molar-refractivity contribution in [3.63, 3.8) is 0 Å². The predicted molar refractivity (Wildman–Crippen MR) is 68.9 cm³/mol. The maximum absolute atomic E-state index is 11.8. The summed E-state index contributed by atoms with van der Waals surface area (Å²) in [6.07, 6.45) is 1.18. The van der Waals surface area contributed by atoms with Gasteiger partial charge in [0, 0.05) is 26.6 Å². The highest BCUT2D eigenvalue weighted by Gasteiger charge is 2.33. The Morgan fingerprint density at radius 1 is 1.39 bits per heavy atom. The number of nitrogens with zero attached hydrogens (tertiary/aromatic N) is 1. The van der Waals surface area contributed by atoms with Crippen LogP contribution in [0.25, 0.3) is 0 Å². The van der Waals surface area contributed by atoms with E-state index in [0.717, 1.165) is 6.42 Å². The fourth-order valence-corrected chi connectivity index (χ4v) is 2.28. The summed E-state index contributed by atoms with van der Waals surface area (Å²) < 4.78 is 0. The molecular weight excluding hydrogens is 228 g/mol. The zero-order valence-electron chi connectivity index (χ0n) is 10.6. The van der Waals surface area contributed by atoms with E-state index in [2.05, 4.69) is 17.4 Å². The van der Waals surface area contributed by atoms with E-state index in [9.17, 15) is 9.59 Å². The van der Waals surface area contributed by atoms with E-state index in [4.69, 9.17) is 0 Å². The van der Waals surface area contributed by atoms with E-state index in [1.54, 1.807) is 11.9 Å². The van der Waals surface area contributed by atoms with Gasteiger partial charge in [0.25, 0.3) is 0 Å². The van der Waals surface area contributed by atoms with Gasteiger partial charge >= 0.3 is 0 Å². The molecule has 1 atom stereocenters. The topological polar surface area (TPSA) is 49.4 Å². The number of likely N-dealkylation sites (tertiary alicyclic amines) is 1. The maximum Gasteiger partial charge on any atom is 0.225 e. The minimum atomic E-state index is -0.182. The third-order valence-electron chi connectivity index (χ3n) is 3.34. The van der Waals surface area contributed by atoms with E-state index in [1.807, 2.05) is 18.2 Å². The molecule has 4 heteroatoms. The number of hydrogen-bond donors (Lipinski definition) is 1. The minimum absolute atomic E-state index is 0.0365. The monoisotopic (exact) mass is 246 g/mol. The van der Waals surface area contributed by atoms with Crippen LogP contribution in [0, 0.1) is 5.92 Å². The molecule has 0 saturated carbocycles. The Kier molecular flexibility index (Phi) is 3.97. The van der Waals surface area contributed by atoms with Gasteiger partial charge in [0.05, 0.1) is 5.92 Å². The molecule has 1 aliphatic heterocycles. The second-order valence-corrected chi connectivity index (χ2v) is 4.59. The minimum Gasteiger partial charge on any atom is -0.359 e. The first-order valence-electron chi connectivity index (χ1n) is 6.24. The van der Waals surface area contributed by atoms with Crippen molar-refractivity contribution in [1.82, 2.24) is 10.2 Å². The molecule has 2 rings (SSSR count). The average molecular weight is 246 g/mol. The Labute approximate surface area is 107 Å². The lowest BCUT2D eigenvalue weighted by Gasteiger charge is -2.16. The van der Waals surface area contributed by atoms with Gasteiger partial charge in [-0.2, -0.15) is 0 Å². The molecular formula is C14H18N2O2.